The number of carbonyl (C=O) groups excluding carboxylic acids is 4. The van der Waals surface area contributed by atoms with Crippen molar-refractivity contribution in [2.24, 2.45) is 17.6 Å². The third-order valence-electron chi connectivity index (χ3n) is 6.07. The Labute approximate surface area is 173 Å². The standard InChI is InChI=1S/C20H23ClN4O4/c1-19(2,3)25-16(27)13-11(7-8-12(22)26)24-20(14(13)17(25)28)9-5-4-6-10(21)15(9)23-18(20)29/h4-6,11,13-14,24H,7-8H2,1-3H3,(H2,22,26)(H,23,29)/t11-,13-,14+,20+/m1/s1. The maximum absolute atomic E-state index is 13.5. The molecule has 4 atom stereocenters. The van der Waals surface area contributed by atoms with E-state index in [1.54, 1.807) is 39.0 Å². The van der Waals surface area contributed by atoms with Crippen LogP contribution in [-0.4, -0.2) is 40.1 Å². The van der Waals surface area contributed by atoms with Crippen LogP contribution in [0.3, 0.4) is 0 Å². The number of amides is 4. The molecule has 0 saturated carbocycles. The highest BCUT2D eigenvalue weighted by Gasteiger charge is 2.71. The van der Waals surface area contributed by atoms with E-state index in [9.17, 15) is 19.2 Å². The van der Waals surface area contributed by atoms with Crippen LogP contribution in [0.2, 0.25) is 5.02 Å². The van der Waals surface area contributed by atoms with Gasteiger partial charge >= 0.3 is 0 Å². The van der Waals surface area contributed by atoms with E-state index in [-0.39, 0.29) is 18.7 Å². The van der Waals surface area contributed by atoms with E-state index in [0.717, 1.165) is 0 Å². The van der Waals surface area contributed by atoms with Crippen LogP contribution < -0.4 is 16.4 Å². The number of anilines is 1. The van der Waals surface area contributed by atoms with Gasteiger partial charge in [-0.15, -0.1) is 0 Å². The van der Waals surface area contributed by atoms with Gasteiger partial charge in [0.2, 0.25) is 23.6 Å². The van der Waals surface area contributed by atoms with Crippen LogP contribution in [0.5, 0.6) is 0 Å². The minimum Gasteiger partial charge on any atom is -0.370 e. The van der Waals surface area contributed by atoms with E-state index in [1.807, 2.05) is 0 Å². The van der Waals surface area contributed by atoms with Gasteiger partial charge in [-0.05, 0) is 33.3 Å². The Bertz CT molecular complexity index is 956. The molecule has 4 rings (SSSR count). The van der Waals surface area contributed by atoms with Crippen molar-refractivity contribution in [3.63, 3.8) is 0 Å². The van der Waals surface area contributed by atoms with Gasteiger partial charge in [0, 0.05) is 23.6 Å². The zero-order valence-electron chi connectivity index (χ0n) is 16.4. The predicted octanol–water partition coefficient (Wildman–Crippen LogP) is 1.12. The molecule has 0 radical (unpaired) electrons. The molecule has 1 aromatic carbocycles. The molecule has 154 valence electrons. The molecule has 2 saturated heterocycles. The Kier molecular flexibility index (Phi) is 4.29. The monoisotopic (exact) mass is 418 g/mol. The lowest BCUT2D eigenvalue weighted by Crippen LogP contribution is -2.55. The lowest BCUT2D eigenvalue weighted by atomic mass is 9.76. The molecule has 0 bridgehead atoms. The van der Waals surface area contributed by atoms with Gasteiger partial charge in [0.15, 0.2) is 0 Å². The number of hydrogen-bond donors (Lipinski definition) is 3. The molecule has 8 nitrogen and oxygen atoms in total. The molecule has 29 heavy (non-hydrogen) atoms. The molecule has 0 aliphatic carbocycles. The van der Waals surface area contributed by atoms with Gasteiger partial charge in [-0.2, -0.15) is 0 Å². The van der Waals surface area contributed by atoms with Gasteiger partial charge in [0.25, 0.3) is 0 Å². The van der Waals surface area contributed by atoms with Crippen LogP contribution >= 0.6 is 11.6 Å². The number of hydrogen-bond acceptors (Lipinski definition) is 5. The van der Waals surface area contributed by atoms with E-state index in [4.69, 9.17) is 17.3 Å². The third kappa shape index (κ3) is 2.62. The van der Waals surface area contributed by atoms with Crippen molar-refractivity contribution in [3.05, 3.63) is 28.8 Å². The molecule has 0 unspecified atom stereocenters. The number of rotatable bonds is 3. The average molecular weight is 419 g/mol. The van der Waals surface area contributed by atoms with Crippen molar-refractivity contribution in [2.75, 3.05) is 5.32 Å². The molecule has 9 heteroatoms. The maximum atomic E-state index is 13.5. The largest absolute Gasteiger partial charge is 0.370 e. The SMILES string of the molecule is CC(C)(C)N1C(=O)[C@H]2[C@@H](C1=O)[C@]1(N[C@@H]2CCC(N)=O)C(=O)Nc2c(Cl)cccc21. The summed E-state index contributed by atoms with van der Waals surface area (Å²) in [5.74, 6) is -3.36. The molecule has 4 N–H and O–H groups in total. The highest BCUT2D eigenvalue weighted by Crippen LogP contribution is 2.55. The summed E-state index contributed by atoms with van der Waals surface area (Å²) in [7, 11) is 0. The normalized spacial score (nSPS) is 30.7. The summed E-state index contributed by atoms with van der Waals surface area (Å²) >= 11 is 6.28. The first kappa shape index (κ1) is 19.8. The van der Waals surface area contributed by atoms with Crippen molar-refractivity contribution >= 4 is 40.9 Å². The van der Waals surface area contributed by atoms with Crippen molar-refractivity contribution in [2.45, 2.75) is 50.7 Å². The molecular weight excluding hydrogens is 396 g/mol. The second-order valence-electron chi connectivity index (χ2n) is 8.87. The zero-order chi connectivity index (χ0) is 21.3. The number of carbonyl (C=O) groups is 4. The first-order valence-corrected chi connectivity index (χ1v) is 9.92. The molecule has 3 aliphatic heterocycles. The summed E-state index contributed by atoms with van der Waals surface area (Å²) < 4.78 is 0. The van der Waals surface area contributed by atoms with Crippen molar-refractivity contribution in [1.29, 1.82) is 0 Å². The number of imide groups is 1. The van der Waals surface area contributed by atoms with Gasteiger partial charge in [0.1, 0.15) is 5.54 Å². The van der Waals surface area contributed by atoms with Gasteiger partial charge < -0.3 is 11.1 Å². The Morgan fingerprint density at radius 3 is 2.55 bits per heavy atom. The van der Waals surface area contributed by atoms with Gasteiger partial charge in [-0.3, -0.25) is 29.4 Å². The summed E-state index contributed by atoms with van der Waals surface area (Å²) in [6, 6.07) is 4.54. The Balaban J connectivity index is 1.88. The topological polar surface area (TPSA) is 122 Å². The number of para-hydroxylation sites is 1. The second-order valence-corrected chi connectivity index (χ2v) is 9.27. The van der Waals surface area contributed by atoms with Crippen molar-refractivity contribution < 1.29 is 19.2 Å². The van der Waals surface area contributed by atoms with Gasteiger partial charge in [-0.25, -0.2) is 0 Å². The highest BCUT2D eigenvalue weighted by atomic mass is 35.5. The quantitative estimate of drug-likeness (QED) is 0.635. The predicted molar refractivity (Wildman–Crippen MR) is 106 cm³/mol. The van der Waals surface area contributed by atoms with Crippen LogP contribution in [0.25, 0.3) is 0 Å². The Morgan fingerprint density at radius 1 is 1.24 bits per heavy atom. The summed E-state index contributed by atoms with van der Waals surface area (Å²) in [5, 5.41) is 6.38. The number of likely N-dealkylation sites (tertiary alicyclic amines) is 1. The molecule has 1 aromatic rings. The van der Waals surface area contributed by atoms with E-state index in [0.29, 0.717) is 16.3 Å². The van der Waals surface area contributed by atoms with Gasteiger partial charge in [0.05, 0.1) is 22.5 Å². The average Bonchev–Trinajstić information content (AvgIpc) is 3.19. The Hall–Kier alpha value is -2.45. The summed E-state index contributed by atoms with van der Waals surface area (Å²) in [4.78, 5) is 52.7. The molecule has 4 amide bonds. The second kappa shape index (κ2) is 6.27. The first-order chi connectivity index (χ1) is 13.5. The Morgan fingerprint density at radius 2 is 1.93 bits per heavy atom. The minimum absolute atomic E-state index is 0.0397. The molecular formula is C20H23ClN4O4. The smallest absolute Gasteiger partial charge is 0.250 e. The van der Waals surface area contributed by atoms with Crippen LogP contribution in [0.1, 0.15) is 39.2 Å². The van der Waals surface area contributed by atoms with Gasteiger partial charge in [-0.1, -0.05) is 23.7 Å². The fraction of sp³-hybridized carbons (Fsp3) is 0.500. The molecule has 1 spiro atoms. The van der Waals surface area contributed by atoms with Crippen LogP contribution in [0, 0.1) is 11.8 Å². The molecule has 0 aromatic heterocycles. The lowest BCUT2D eigenvalue weighted by Gasteiger charge is -2.34. The van der Waals surface area contributed by atoms with E-state index < -0.39 is 46.7 Å². The highest BCUT2D eigenvalue weighted by molar-refractivity contribution is 6.35. The van der Waals surface area contributed by atoms with E-state index in [1.165, 1.54) is 4.90 Å². The number of primary amides is 1. The van der Waals surface area contributed by atoms with Crippen LogP contribution in [-0.2, 0) is 24.7 Å². The number of nitrogens with one attached hydrogen (secondary N) is 2. The van der Waals surface area contributed by atoms with Crippen LogP contribution in [0.4, 0.5) is 5.69 Å². The van der Waals surface area contributed by atoms with Crippen molar-refractivity contribution in [3.8, 4) is 0 Å². The summed E-state index contributed by atoms with van der Waals surface area (Å²) in [6.45, 7) is 5.34. The molecule has 2 fully saturated rings. The van der Waals surface area contributed by atoms with Crippen molar-refractivity contribution in [1.82, 2.24) is 10.2 Å². The summed E-state index contributed by atoms with van der Waals surface area (Å²) in [6.07, 6.45) is 0.288. The van der Waals surface area contributed by atoms with Crippen LogP contribution in [0.15, 0.2) is 18.2 Å². The fourth-order valence-electron chi connectivity index (χ4n) is 5.00. The number of halogens is 1. The molecule has 3 aliphatic rings. The number of fused-ring (bicyclic) bond motifs is 4. The summed E-state index contributed by atoms with van der Waals surface area (Å²) in [5.41, 5.74) is 4.14. The molecule has 3 heterocycles. The minimum atomic E-state index is -1.42. The van der Waals surface area contributed by atoms with E-state index in [2.05, 4.69) is 10.6 Å². The maximum Gasteiger partial charge on any atom is 0.250 e. The number of benzene rings is 1. The zero-order valence-corrected chi connectivity index (χ0v) is 17.2. The third-order valence-corrected chi connectivity index (χ3v) is 6.39. The first-order valence-electron chi connectivity index (χ1n) is 9.54. The van der Waals surface area contributed by atoms with E-state index >= 15 is 0 Å². The number of nitrogens with two attached hydrogens (primary N) is 1. The lowest BCUT2D eigenvalue weighted by molar-refractivity contribution is -0.148. The number of nitrogens with zero attached hydrogens (tertiary/aromatic N) is 1. The fourth-order valence-corrected chi connectivity index (χ4v) is 5.22.